The molecule has 1 heterocycles. The molecule has 0 aliphatic rings. The Hall–Kier alpha value is -2.02. The standard InChI is InChI=1S/C18H18ClNO4S/c1-3-23-15-9-6-7-13-11-16(24-18(13)15)12(2)20-25(21,22)17-10-5-4-8-14(17)19/h4-12,20H,3H2,1-2H3. The van der Waals surface area contributed by atoms with E-state index in [1.807, 2.05) is 25.1 Å². The largest absolute Gasteiger partial charge is 0.490 e. The van der Waals surface area contributed by atoms with Crippen LogP contribution in [0.2, 0.25) is 5.02 Å². The zero-order valence-electron chi connectivity index (χ0n) is 13.8. The van der Waals surface area contributed by atoms with E-state index >= 15 is 0 Å². The van der Waals surface area contributed by atoms with Gasteiger partial charge in [-0.1, -0.05) is 35.9 Å². The molecule has 0 radical (unpaired) electrons. The average molecular weight is 380 g/mol. The van der Waals surface area contributed by atoms with Gasteiger partial charge in [0.15, 0.2) is 11.3 Å². The predicted octanol–water partition coefficient (Wildman–Crippen LogP) is 4.52. The maximum absolute atomic E-state index is 12.6. The van der Waals surface area contributed by atoms with Crippen LogP contribution >= 0.6 is 11.6 Å². The van der Waals surface area contributed by atoms with Crippen molar-refractivity contribution in [3.8, 4) is 5.75 Å². The van der Waals surface area contributed by atoms with Crippen molar-refractivity contribution in [3.63, 3.8) is 0 Å². The average Bonchev–Trinajstić information content (AvgIpc) is 3.00. The van der Waals surface area contributed by atoms with E-state index in [4.69, 9.17) is 20.8 Å². The fraction of sp³-hybridized carbons (Fsp3) is 0.222. The van der Waals surface area contributed by atoms with Gasteiger partial charge in [-0.3, -0.25) is 0 Å². The van der Waals surface area contributed by atoms with Crippen molar-refractivity contribution in [1.29, 1.82) is 0 Å². The zero-order chi connectivity index (χ0) is 18.0. The van der Waals surface area contributed by atoms with Gasteiger partial charge in [0.2, 0.25) is 10.0 Å². The van der Waals surface area contributed by atoms with Crippen molar-refractivity contribution in [1.82, 2.24) is 4.72 Å². The number of furan rings is 1. The highest BCUT2D eigenvalue weighted by atomic mass is 35.5. The number of nitrogens with one attached hydrogen (secondary N) is 1. The lowest BCUT2D eigenvalue weighted by Gasteiger charge is -2.13. The van der Waals surface area contributed by atoms with E-state index in [0.29, 0.717) is 23.7 Å². The van der Waals surface area contributed by atoms with Crippen molar-refractivity contribution in [3.05, 3.63) is 59.3 Å². The van der Waals surface area contributed by atoms with E-state index in [-0.39, 0.29) is 9.92 Å². The maximum atomic E-state index is 12.6. The third-order valence-corrected chi connectivity index (χ3v) is 5.75. The Balaban J connectivity index is 1.91. The minimum atomic E-state index is -3.77. The number of benzene rings is 2. The summed E-state index contributed by atoms with van der Waals surface area (Å²) in [7, 11) is -3.77. The summed E-state index contributed by atoms with van der Waals surface area (Å²) in [5.74, 6) is 1.13. The molecule has 0 fully saturated rings. The van der Waals surface area contributed by atoms with Crippen LogP contribution in [0.3, 0.4) is 0 Å². The van der Waals surface area contributed by atoms with Gasteiger partial charge in [-0.15, -0.1) is 0 Å². The number of fused-ring (bicyclic) bond motifs is 1. The van der Waals surface area contributed by atoms with Crippen LogP contribution in [0, 0.1) is 0 Å². The molecule has 0 saturated heterocycles. The topological polar surface area (TPSA) is 68.5 Å². The number of sulfonamides is 1. The summed E-state index contributed by atoms with van der Waals surface area (Å²) < 4.78 is 39.1. The number of ether oxygens (including phenoxy) is 1. The maximum Gasteiger partial charge on any atom is 0.242 e. The first kappa shape index (κ1) is 17.8. The van der Waals surface area contributed by atoms with Crippen molar-refractivity contribution < 1.29 is 17.6 Å². The smallest absolute Gasteiger partial charge is 0.242 e. The molecule has 0 bridgehead atoms. The summed E-state index contributed by atoms with van der Waals surface area (Å²) in [6.45, 7) is 4.12. The third kappa shape index (κ3) is 3.66. The first-order valence-electron chi connectivity index (χ1n) is 7.84. The van der Waals surface area contributed by atoms with Crippen LogP contribution in [0.5, 0.6) is 5.75 Å². The van der Waals surface area contributed by atoms with Gasteiger partial charge in [0.05, 0.1) is 17.7 Å². The minimum Gasteiger partial charge on any atom is -0.490 e. The fourth-order valence-corrected chi connectivity index (χ4v) is 4.29. The molecule has 0 aliphatic carbocycles. The molecule has 1 aromatic heterocycles. The van der Waals surface area contributed by atoms with E-state index in [1.165, 1.54) is 12.1 Å². The molecular weight excluding hydrogens is 362 g/mol. The minimum absolute atomic E-state index is 0.0367. The van der Waals surface area contributed by atoms with Crippen molar-refractivity contribution >= 4 is 32.6 Å². The van der Waals surface area contributed by atoms with E-state index < -0.39 is 16.1 Å². The summed E-state index contributed by atoms with van der Waals surface area (Å²) >= 11 is 6.00. The predicted molar refractivity (Wildman–Crippen MR) is 97.6 cm³/mol. The second kappa shape index (κ2) is 7.07. The van der Waals surface area contributed by atoms with Crippen LogP contribution in [-0.2, 0) is 10.0 Å². The van der Waals surface area contributed by atoms with Crippen molar-refractivity contribution in [2.45, 2.75) is 24.8 Å². The lowest BCUT2D eigenvalue weighted by Crippen LogP contribution is -2.26. The van der Waals surface area contributed by atoms with Gasteiger partial charge in [0, 0.05) is 5.39 Å². The van der Waals surface area contributed by atoms with Crippen molar-refractivity contribution in [2.24, 2.45) is 0 Å². The Bertz CT molecular complexity index is 997. The van der Waals surface area contributed by atoms with Gasteiger partial charge in [-0.25, -0.2) is 13.1 Å². The second-order valence-electron chi connectivity index (χ2n) is 5.53. The number of para-hydroxylation sites is 1. The van der Waals surface area contributed by atoms with Crippen LogP contribution in [0.1, 0.15) is 25.6 Å². The van der Waals surface area contributed by atoms with Gasteiger partial charge in [0.25, 0.3) is 0 Å². The Kier molecular flexibility index (Phi) is 5.03. The van der Waals surface area contributed by atoms with Crippen LogP contribution in [-0.4, -0.2) is 15.0 Å². The number of halogens is 1. The fourth-order valence-electron chi connectivity index (χ4n) is 2.56. The highest BCUT2D eigenvalue weighted by molar-refractivity contribution is 7.89. The van der Waals surface area contributed by atoms with Gasteiger partial charge < -0.3 is 9.15 Å². The van der Waals surface area contributed by atoms with Gasteiger partial charge in [0.1, 0.15) is 10.7 Å². The molecule has 0 saturated carbocycles. The Labute approximate surface area is 151 Å². The summed E-state index contributed by atoms with van der Waals surface area (Å²) in [5, 5.41) is 1.02. The van der Waals surface area contributed by atoms with E-state index in [9.17, 15) is 8.42 Å². The first-order chi connectivity index (χ1) is 11.9. The Morgan fingerprint density at radius 2 is 1.96 bits per heavy atom. The molecule has 2 aromatic carbocycles. The van der Waals surface area contributed by atoms with E-state index in [0.717, 1.165) is 5.39 Å². The van der Waals surface area contributed by atoms with E-state index in [2.05, 4.69) is 4.72 Å². The highest BCUT2D eigenvalue weighted by Crippen LogP contribution is 2.32. The SMILES string of the molecule is CCOc1cccc2cc(C(C)NS(=O)(=O)c3ccccc3Cl)oc12. The molecule has 3 rings (SSSR count). The van der Waals surface area contributed by atoms with Crippen molar-refractivity contribution in [2.75, 3.05) is 6.61 Å². The molecule has 1 atom stereocenters. The molecule has 0 aliphatic heterocycles. The molecule has 3 aromatic rings. The Morgan fingerprint density at radius 1 is 1.20 bits per heavy atom. The quantitative estimate of drug-likeness (QED) is 0.683. The molecule has 1 unspecified atom stereocenters. The first-order valence-corrected chi connectivity index (χ1v) is 9.70. The lowest BCUT2D eigenvalue weighted by molar-refractivity contribution is 0.336. The molecule has 25 heavy (non-hydrogen) atoms. The number of hydrogen-bond acceptors (Lipinski definition) is 4. The zero-order valence-corrected chi connectivity index (χ0v) is 15.4. The van der Waals surface area contributed by atoms with Gasteiger partial charge >= 0.3 is 0 Å². The van der Waals surface area contributed by atoms with Crippen LogP contribution in [0.15, 0.2) is 57.8 Å². The van der Waals surface area contributed by atoms with Crippen LogP contribution < -0.4 is 9.46 Å². The number of rotatable bonds is 6. The molecule has 1 N–H and O–H groups in total. The van der Waals surface area contributed by atoms with Gasteiger partial charge in [-0.05, 0) is 38.1 Å². The van der Waals surface area contributed by atoms with E-state index in [1.54, 1.807) is 25.1 Å². The summed E-state index contributed by atoms with van der Waals surface area (Å²) in [6, 6.07) is 13.1. The molecule has 132 valence electrons. The highest BCUT2D eigenvalue weighted by Gasteiger charge is 2.23. The molecular formula is C18H18ClNO4S. The second-order valence-corrected chi connectivity index (χ2v) is 7.62. The monoisotopic (exact) mass is 379 g/mol. The lowest BCUT2D eigenvalue weighted by atomic mass is 10.2. The molecule has 0 amide bonds. The summed E-state index contributed by atoms with van der Waals surface area (Å²) in [4.78, 5) is 0.0367. The summed E-state index contributed by atoms with van der Waals surface area (Å²) in [5.41, 5.74) is 0.600. The molecule has 5 nitrogen and oxygen atoms in total. The third-order valence-electron chi connectivity index (χ3n) is 3.71. The summed E-state index contributed by atoms with van der Waals surface area (Å²) in [6.07, 6.45) is 0. The number of hydrogen-bond donors (Lipinski definition) is 1. The van der Waals surface area contributed by atoms with Crippen LogP contribution in [0.4, 0.5) is 0 Å². The van der Waals surface area contributed by atoms with Gasteiger partial charge in [-0.2, -0.15) is 0 Å². The van der Waals surface area contributed by atoms with Crippen LogP contribution in [0.25, 0.3) is 11.0 Å². The normalized spacial score (nSPS) is 13.1. The molecule has 7 heteroatoms. The Morgan fingerprint density at radius 3 is 2.68 bits per heavy atom. The molecule has 0 spiro atoms.